The summed E-state index contributed by atoms with van der Waals surface area (Å²) < 4.78 is 23.4. The Labute approximate surface area is 218 Å². The Morgan fingerprint density at radius 2 is 1.86 bits per heavy atom. The number of rotatable bonds is 12. The molecule has 4 rings (SSSR count). The minimum absolute atomic E-state index is 0.316. The van der Waals surface area contributed by atoms with Gasteiger partial charge in [0.15, 0.2) is 6.10 Å². The van der Waals surface area contributed by atoms with Gasteiger partial charge in [-0.15, -0.1) is 22.7 Å². The Balaban J connectivity index is 1.47. The smallest absolute Gasteiger partial charge is 0.333 e. The van der Waals surface area contributed by atoms with Crippen LogP contribution < -0.4 is 14.2 Å². The maximum Gasteiger partial charge on any atom is 0.333 e. The lowest BCUT2D eigenvalue weighted by Crippen LogP contribution is -2.26. The standard InChI is InChI=1S/C27H29NO6S2/c1-5-33-24(27(29)30)14-17-6-7-23(21-9-11-35-25(17)21)34-10-8-22-16(2)36-26(28-22)18-12-19(31-3)15-20(13-18)32-4/h6-7,9,11-13,15,24H,5,8,10,14H2,1-4H3,(H,29,30). The fourth-order valence-electron chi connectivity index (χ4n) is 3.97. The molecule has 1 unspecified atom stereocenters. The predicted octanol–water partition coefficient (Wildman–Crippen LogP) is 6.00. The van der Waals surface area contributed by atoms with E-state index in [1.807, 2.05) is 41.8 Å². The van der Waals surface area contributed by atoms with Crippen molar-refractivity contribution in [1.82, 2.24) is 4.98 Å². The molecular formula is C27H29NO6S2. The Hall–Kier alpha value is -3.14. The summed E-state index contributed by atoms with van der Waals surface area (Å²) in [5, 5.41) is 13.3. The van der Waals surface area contributed by atoms with Crippen LogP contribution in [0.15, 0.2) is 41.8 Å². The summed E-state index contributed by atoms with van der Waals surface area (Å²) in [5.41, 5.74) is 2.90. The zero-order valence-corrected chi connectivity index (χ0v) is 22.3. The van der Waals surface area contributed by atoms with Crippen LogP contribution in [-0.2, 0) is 22.4 Å². The molecule has 0 saturated heterocycles. The summed E-state index contributed by atoms with van der Waals surface area (Å²) in [5.74, 6) is 1.28. The highest BCUT2D eigenvalue weighted by Gasteiger charge is 2.20. The molecule has 4 aromatic rings. The number of carbonyl (C=O) groups is 1. The monoisotopic (exact) mass is 527 g/mol. The van der Waals surface area contributed by atoms with Crippen molar-refractivity contribution in [3.8, 4) is 27.8 Å². The largest absolute Gasteiger partial charge is 0.497 e. The van der Waals surface area contributed by atoms with Crippen molar-refractivity contribution in [3.63, 3.8) is 0 Å². The summed E-state index contributed by atoms with van der Waals surface area (Å²) in [4.78, 5) is 17.5. The van der Waals surface area contributed by atoms with Crippen molar-refractivity contribution >= 4 is 38.7 Å². The van der Waals surface area contributed by atoms with E-state index >= 15 is 0 Å². The lowest BCUT2D eigenvalue weighted by Gasteiger charge is -2.14. The molecule has 0 radical (unpaired) electrons. The number of fused-ring (bicyclic) bond motifs is 1. The van der Waals surface area contributed by atoms with Gasteiger partial charge in [0.2, 0.25) is 0 Å². The molecule has 1 N–H and O–H groups in total. The first kappa shape index (κ1) is 25.9. The summed E-state index contributed by atoms with van der Waals surface area (Å²) in [6.45, 7) is 4.70. The zero-order valence-electron chi connectivity index (χ0n) is 20.7. The molecule has 2 heterocycles. The first-order chi connectivity index (χ1) is 17.4. The molecule has 0 spiro atoms. The van der Waals surface area contributed by atoms with Gasteiger partial charge in [-0.25, -0.2) is 9.78 Å². The lowest BCUT2D eigenvalue weighted by molar-refractivity contribution is -0.149. The van der Waals surface area contributed by atoms with E-state index in [0.29, 0.717) is 26.1 Å². The molecule has 36 heavy (non-hydrogen) atoms. The Morgan fingerprint density at radius 3 is 2.53 bits per heavy atom. The first-order valence-electron chi connectivity index (χ1n) is 11.6. The topological polar surface area (TPSA) is 87.1 Å². The number of aliphatic carboxylic acids is 1. The Bertz CT molecular complexity index is 1320. The number of hydrogen-bond donors (Lipinski definition) is 1. The number of aryl methyl sites for hydroxylation is 1. The van der Waals surface area contributed by atoms with Gasteiger partial charge in [-0.1, -0.05) is 6.07 Å². The highest BCUT2D eigenvalue weighted by atomic mass is 32.1. The number of aromatic nitrogens is 1. The van der Waals surface area contributed by atoms with Crippen LogP contribution >= 0.6 is 22.7 Å². The van der Waals surface area contributed by atoms with Crippen molar-refractivity contribution < 1.29 is 28.8 Å². The highest BCUT2D eigenvalue weighted by Crippen LogP contribution is 2.35. The van der Waals surface area contributed by atoms with Gasteiger partial charge in [0, 0.05) is 46.0 Å². The number of hydrogen-bond acceptors (Lipinski definition) is 8. The maximum atomic E-state index is 11.5. The molecule has 190 valence electrons. The second-order valence-electron chi connectivity index (χ2n) is 8.09. The van der Waals surface area contributed by atoms with Gasteiger partial charge in [0.1, 0.15) is 22.3 Å². The van der Waals surface area contributed by atoms with Crippen molar-refractivity contribution in [1.29, 1.82) is 0 Å². The lowest BCUT2D eigenvalue weighted by atomic mass is 10.1. The van der Waals surface area contributed by atoms with Gasteiger partial charge < -0.3 is 24.1 Å². The van der Waals surface area contributed by atoms with E-state index < -0.39 is 12.1 Å². The predicted molar refractivity (Wildman–Crippen MR) is 143 cm³/mol. The van der Waals surface area contributed by atoms with Crippen LogP contribution in [0.3, 0.4) is 0 Å². The molecule has 0 bridgehead atoms. The van der Waals surface area contributed by atoms with Gasteiger partial charge in [0.05, 0.1) is 26.5 Å². The minimum atomic E-state index is -0.952. The molecule has 0 aliphatic heterocycles. The average molecular weight is 528 g/mol. The summed E-state index contributed by atoms with van der Waals surface area (Å²) in [7, 11) is 3.27. The Morgan fingerprint density at radius 1 is 1.11 bits per heavy atom. The van der Waals surface area contributed by atoms with Gasteiger partial charge in [0.25, 0.3) is 0 Å². The van der Waals surface area contributed by atoms with E-state index in [2.05, 4.69) is 6.92 Å². The molecule has 0 aliphatic carbocycles. The fourth-order valence-corrected chi connectivity index (χ4v) is 5.86. The third kappa shape index (κ3) is 5.80. The second kappa shape index (κ2) is 11.7. The molecule has 0 saturated carbocycles. The van der Waals surface area contributed by atoms with Crippen LogP contribution in [0.25, 0.3) is 20.7 Å². The van der Waals surface area contributed by atoms with E-state index in [1.165, 1.54) is 0 Å². The Kier molecular flexibility index (Phi) is 8.45. The van der Waals surface area contributed by atoms with Crippen LogP contribution in [0.4, 0.5) is 0 Å². The number of carboxylic acids is 1. The third-order valence-electron chi connectivity index (χ3n) is 5.79. The van der Waals surface area contributed by atoms with Gasteiger partial charge in [-0.2, -0.15) is 0 Å². The molecular weight excluding hydrogens is 498 g/mol. The van der Waals surface area contributed by atoms with Gasteiger partial charge in [-0.3, -0.25) is 0 Å². The SMILES string of the molecule is CCOC(Cc1ccc(OCCc2nc(-c3cc(OC)cc(OC)c3)sc2C)c2ccsc12)C(=O)O. The van der Waals surface area contributed by atoms with Crippen molar-refractivity contribution in [2.75, 3.05) is 27.4 Å². The summed E-state index contributed by atoms with van der Waals surface area (Å²) in [6, 6.07) is 11.6. The number of ether oxygens (including phenoxy) is 4. The highest BCUT2D eigenvalue weighted by molar-refractivity contribution is 7.17. The number of thiazole rings is 1. The molecule has 0 aliphatic rings. The van der Waals surface area contributed by atoms with Gasteiger partial charge >= 0.3 is 5.97 Å². The first-order valence-corrected chi connectivity index (χ1v) is 13.3. The van der Waals surface area contributed by atoms with Crippen molar-refractivity contribution in [2.45, 2.75) is 32.8 Å². The number of thiophene rings is 1. The molecule has 9 heteroatoms. The number of benzene rings is 2. The second-order valence-corrected chi connectivity index (χ2v) is 10.2. The zero-order chi connectivity index (χ0) is 25.7. The van der Waals surface area contributed by atoms with Crippen LogP contribution in [0.2, 0.25) is 0 Å². The van der Waals surface area contributed by atoms with E-state index in [1.54, 1.807) is 43.8 Å². The van der Waals surface area contributed by atoms with Crippen LogP contribution in [0, 0.1) is 6.92 Å². The summed E-state index contributed by atoms with van der Waals surface area (Å²) >= 11 is 3.21. The maximum absolute atomic E-state index is 11.5. The molecule has 2 aromatic carbocycles. The van der Waals surface area contributed by atoms with E-state index in [9.17, 15) is 9.90 Å². The van der Waals surface area contributed by atoms with Crippen LogP contribution in [-0.4, -0.2) is 49.6 Å². The number of nitrogens with zero attached hydrogens (tertiary/aromatic N) is 1. The molecule has 2 aromatic heterocycles. The van der Waals surface area contributed by atoms with Crippen molar-refractivity contribution in [2.24, 2.45) is 0 Å². The van der Waals surface area contributed by atoms with Crippen molar-refractivity contribution in [3.05, 3.63) is 57.9 Å². The fraction of sp³-hybridized carbons (Fsp3) is 0.333. The number of methoxy groups -OCH3 is 2. The molecule has 1 atom stereocenters. The van der Waals surface area contributed by atoms with E-state index in [0.717, 1.165) is 54.0 Å². The van der Waals surface area contributed by atoms with Gasteiger partial charge in [-0.05, 0) is 49.1 Å². The summed E-state index contributed by atoms with van der Waals surface area (Å²) in [6.07, 6.45) is 0.122. The van der Waals surface area contributed by atoms with E-state index in [-0.39, 0.29) is 0 Å². The molecule has 7 nitrogen and oxygen atoms in total. The minimum Gasteiger partial charge on any atom is -0.497 e. The molecule has 0 fully saturated rings. The van der Waals surface area contributed by atoms with E-state index in [4.69, 9.17) is 23.9 Å². The normalized spacial score (nSPS) is 12.0. The molecule has 0 amide bonds. The number of carboxylic acid groups (broad SMARTS) is 1. The third-order valence-corrected chi connectivity index (χ3v) is 7.85. The van der Waals surface area contributed by atoms with Crippen LogP contribution in [0.5, 0.6) is 17.2 Å². The van der Waals surface area contributed by atoms with Crippen LogP contribution in [0.1, 0.15) is 23.1 Å². The quantitative estimate of drug-likeness (QED) is 0.242. The average Bonchev–Trinajstić information content (AvgIpc) is 3.52.